The van der Waals surface area contributed by atoms with E-state index in [2.05, 4.69) is 15.0 Å². The third-order valence-electron chi connectivity index (χ3n) is 2.48. The number of nitrogens with two attached hydrogens (primary N) is 1. The van der Waals surface area contributed by atoms with E-state index in [9.17, 15) is 9.90 Å². The van der Waals surface area contributed by atoms with Crippen molar-refractivity contribution in [1.82, 2.24) is 19.5 Å². The molecule has 9 heteroatoms. The third-order valence-corrected chi connectivity index (χ3v) is 2.91. The maximum Gasteiger partial charge on any atom is 0.278 e. The van der Waals surface area contributed by atoms with Gasteiger partial charge in [-0.05, 0) is 0 Å². The molecule has 0 aliphatic rings. The van der Waals surface area contributed by atoms with Gasteiger partial charge in [-0.25, -0.2) is 4.98 Å². The number of alkyl halides is 1. The number of nitrogen functional groups attached to an aromatic ring is 1. The monoisotopic (exact) mass is 273 g/mol. The Hall–Kier alpha value is -1.64. The summed E-state index contributed by atoms with van der Waals surface area (Å²) in [5, 5.41) is 17.7. The van der Waals surface area contributed by atoms with Crippen LogP contribution in [0.5, 0.6) is 0 Å². The number of nitrogens with zero attached hydrogens (tertiary/aromatic N) is 3. The Morgan fingerprint density at radius 3 is 3.00 bits per heavy atom. The van der Waals surface area contributed by atoms with E-state index in [1.54, 1.807) is 0 Å². The summed E-state index contributed by atoms with van der Waals surface area (Å²) >= 11 is 5.69. The molecule has 2 rings (SSSR count). The predicted octanol–water partition coefficient (Wildman–Crippen LogP) is -1.34. The van der Waals surface area contributed by atoms with Gasteiger partial charge in [0, 0.05) is 0 Å². The van der Waals surface area contributed by atoms with E-state index in [-0.39, 0.29) is 30.3 Å². The lowest BCUT2D eigenvalue weighted by Gasteiger charge is -2.15. The van der Waals surface area contributed by atoms with Crippen molar-refractivity contribution < 1.29 is 10.2 Å². The second-order valence-corrected chi connectivity index (χ2v) is 4.35. The number of aromatic nitrogens is 4. The summed E-state index contributed by atoms with van der Waals surface area (Å²) in [7, 11) is 0. The molecule has 0 spiro atoms. The van der Waals surface area contributed by atoms with Crippen molar-refractivity contribution in [2.24, 2.45) is 0 Å². The van der Waals surface area contributed by atoms with E-state index in [1.807, 2.05) is 0 Å². The van der Waals surface area contributed by atoms with Crippen molar-refractivity contribution >= 4 is 28.7 Å². The number of imidazole rings is 1. The van der Waals surface area contributed by atoms with E-state index in [4.69, 9.17) is 22.4 Å². The van der Waals surface area contributed by atoms with Gasteiger partial charge < -0.3 is 20.5 Å². The highest BCUT2D eigenvalue weighted by molar-refractivity contribution is 6.21. The smallest absolute Gasteiger partial charge is 0.278 e. The molecule has 0 radical (unpaired) electrons. The number of nitrogens with one attached hydrogen (secondary N) is 1. The topological polar surface area (TPSA) is 130 Å². The minimum atomic E-state index is -1.01. The van der Waals surface area contributed by atoms with Crippen molar-refractivity contribution in [3.8, 4) is 0 Å². The van der Waals surface area contributed by atoms with Crippen molar-refractivity contribution in [2.75, 3.05) is 12.3 Å². The molecular formula is C9H12ClN5O3. The summed E-state index contributed by atoms with van der Waals surface area (Å²) in [4.78, 5) is 21.8. The Morgan fingerprint density at radius 2 is 2.33 bits per heavy atom. The van der Waals surface area contributed by atoms with Gasteiger partial charge >= 0.3 is 0 Å². The molecule has 0 aliphatic carbocycles. The van der Waals surface area contributed by atoms with Crippen LogP contribution in [0, 0.1) is 0 Å². The van der Waals surface area contributed by atoms with E-state index >= 15 is 0 Å². The van der Waals surface area contributed by atoms with Gasteiger partial charge in [-0.15, -0.1) is 11.6 Å². The highest BCUT2D eigenvalue weighted by Gasteiger charge is 2.18. The van der Waals surface area contributed by atoms with E-state index in [0.717, 1.165) is 0 Å². The SMILES string of the molecule is Nc1nc2ncn(CC(O)C(Cl)CO)c2c(=O)[nH]1. The maximum absolute atomic E-state index is 11.7. The highest BCUT2D eigenvalue weighted by atomic mass is 35.5. The maximum atomic E-state index is 11.7. The molecule has 2 aromatic rings. The fourth-order valence-electron chi connectivity index (χ4n) is 1.58. The summed E-state index contributed by atoms with van der Waals surface area (Å²) in [6.07, 6.45) is 0.349. The molecule has 2 heterocycles. The minimum Gasteiger partial charge on any atom is -0.395 e. The first-order valence-electron chi connectivity index (χ1n) is 5.16. The van der Waals surface area contributed by atoms with E-state index in [0.29, 0.717) is 0 Å². The predicted molar refractivity (Wildman–Crippen MR) is 65.3 cm³/mol. The molecule has 98 valence electrons. The van der Waals surface area contributed by atoms with Gasteiger partial charge in [0.1, 0.15) is 0 Å². The third kappa shape index (κ3) is 2.30. The van der Waals surface area contributed by atoms with Crippen LogP contribution < -0.4 is 11.3 Å². The molecule has 0 fully saturated rings. The molecule has 0 amide bonds. The summed E-state index contributed by atoms with van der Waals surface area (Å²) in [6.45, 7) is -0.336. The van der Waals surface area contributed by atoms with Crippen LogP contribution in [0.1, 0.15) is 0 Å². The summed E-state index contributed by atoms with van der Waals surface area (Å²) in [5.41, 5.74) is 5.33. The molecule has 0 saturated heterocycles. The molecule has 0 bridgehead atoms. The Balaban J connectivity index is 2.38. The number of hydrogen-bond acceptors (Lipinski definition) is 6. The minimum absolute atomic E-state index is 0.0242. The molecule has 2 unspecified atom stereocenters. The number of aliphatic hydroxyl groups excluding tert-OH is 2. The fraction of sp³-hybridized carbons (Fsp3) is 0.444. The van der Waals surface area contributed by atoms with Crippen LogP contribution in [0.25, 0.3) is 11.2 Å². The number of aliphatic hydroxyl groups is 2. The number of aromatic amines is 1. The quantitative estimate of drug-likeness (QED) is 0.510. The average molecular weight is 274 g/mol. The molecule has 0 aromatic carbocycles. The second-order valence-electron chi connectivity index (χ2n) is 3.79. The van der Waals surface area contributed by atoms with E-state index in [1.165, 1.54) is 10.9 Å². The fourth-order valence-corrected chi connectivity index (χ4v) is 1.66. The van der Waals surface area contributed by atoms with E-state index < -0.39 is 17.0 Å². The van der Waals surface area contributed by atoms with Gasteiger partial charge in [-0.3, -0.25) is 9.78 Å². The van der Waals surface area contributed by atoms with Gasteiger partial charge in [-0.1, -0.05) is 0 Å². The molecular weight excluding hydrogens is 262 g/mol. The zero-order valence-corrected chi connectivity index (χ0v) is 10.0. The zero-order valence-electron chi connectivity index (χ0n) is 9.25. The van der Waals surface area contributed by atoms with Crippen LogP contribution in [0.3, 0.4) is 0 Å². The van der Waals surface area contributed by atoms with Crippen LogP contribution >= 0.6 is 11.6 Å². The Labute approximate surface area is 106 Å². The lowest BCUT2D eigenvalue weighted by atomic mass is 10.2. The molecule has 2 aromatic heterocycles. The Bertz CT molecular complexity index is 610. The van der Waals surface area contributed by atoms with Crippen molar-refractivity contribution in [2.45, 2.75) is 18.0 Å². The lowest BCUT2D eigenvalue weighted by Crippen LogP contribution is -2.29. The number of anilines is 1. The highest BCUT2D eigenvalue weighted by Crippen LogP contribution is 2.10. The molecule has 0 saturated carbocycles. The Morgan fingerprint density at radius 1 is 1.61 bits per heavy atom. The Kier molecular flexibility index (Phi) is 3.50. The zero-order chi connectivity index (χ0) is 13.3. The lowest BCUT2D eigenvalue weighted by molar-refractivity contribution is 0.122. The van der Waals surface area contributed by atoms with Crippen molar-refractivity contribution in [1.29, 1.82) is 0 Å². The van der Waals surface area contributed by atoms with Gasteiger partial charge in [-0.2, -0.15) is 4.98 Å². The van der Waals surface area contributed by atoms with Crippen LogP contribution in [0.4, 0.5) is 5.95 Å². The van der Waals surface area contributed by atoms with Crippen LogP contribution in [0.2, 0.25) is 0 Å². The number of H-pyrrole nitrogens is 1. The molecule has 8 nitrogen and oxygen atoms in total. The number of halogens is 1. The van der Waals surface area contributed by atoms with Gasteiger partial charge in [0.25, 0.3) is 5.56 Å². The summed E-state index contributed by atoms with van der Waals surface area (Å²) in [5.74, 6) is -0.0242. The summed E-state index contributed by atoms with van der Waals surface area (Å²) < 4.78 is 1.41. The van der Waals surface area contributed by atoms with Crippen LogP contribution in [-0.4, -0.2) is 47.8 Å². The number of hydrogen-bond donors (Lipinski definition) is 4. The largest absolute Gasteiger partial charge is 0.395 e. The van der Waals surface area contributed by atoms with Crippen molar-refractivity contribution in [3.05, 3.63) is 16.7 Å². The first-order valence-corrected chi connectivity index (χ1v) is 5.60. The van der Waals surface area contributed by atoms with Gasteiger partial charge in [0.15, 0.2) is 11.2 Å². The molecule has 2 atom stereocenters. The normalized spacial score (nSPS) is 14.8. The molecule has 5 N–H and O–H groups in total. The van der Waals surface area contributed by atoms with Crippen molar-refractivity contribution in [3.63, 3.8) is 0 Å². The van der Waals surface area contributed by atoms with Gasteiger partial charge in [0.05, 0.1) is 31.0 Å². The number of fused-ring (bicyclic) bond motifs is 1. The number of rotatable bonds is 4. The standard InChI is InChI=1S/C9H12ClN5O3/c10-4(2-16)5(17)1-15-3-12-7-6(15)8(18)14-9(11)13-7/h3-5,16-17H,1-2H2,(H3,11,13,14,18). The van der Waals surface area contributed by atoms with Gasteiger partial charge in [0.2, 0.25) is 5.95 Å². The average Bonchev–Trinajstić information content (AvgIpc) is 2.71. The second kappa shape index (κ2) is 4.92. The molecule has 0 aliphatic heterocycles. The van der Waals surface area contributed by atoms with Crippen LogP contribution in [-0.2, 0) is 6.54 Å². The first kappa shape index (κ1) is 12.8. The molecule has 18 heavy (non-hydrogen) atoms. The first-order chi connectivity index (χ1) is 8.52. The summed E-state index contributed by atoms with van der Waals surface area (Å²) in [6, 6.07) is 0. The van der Waals surface area contributed by atoms with Crippen LogP contribution in [0.15, 0.2) is 11.1 Å².